The first-order chi connectivity index (χ1) is 10.9. The second kappa shape index (κ2) is 6.36. The molecular formula is C17H16N2O4. The van der Waals surface area contributed by atoms with Crippen molar-refractivity contribution in [3.63, 3.8) is 0 Å². The van der Waals surface area contributed by atoms with Crippen molar-refractivity contribution in [3.05, 3.63) is 57.5 Å². The number of nitriles is 1. The number of aromatic hydroxyl groups is 1. The van der Waals surface area contributed by atoms with E-state index in [0.717, 1.165) is 0 Å². The Balaban J connectivity index is 2.63. The van der Waals surface area contributed by atoms with Crippen LogP contribution in [0, 0.1) is 11.3 Å². The van der Waals surface area contributed by atoms with E-state index in [0.29, 0.717) is 5.75 Å². The van der Waals surface area contributed by atoms with Crippen LogP contribution in [0.1, 0.15) is 41.4 Å². The van der Waals surface area contributed by atoms with Gasteiger partial charge >= 0.3 is 0 Å². The van der Waals surface area contributed by atoms with Crippen LogP contribution in [0.4, 0.5) is 0 Å². The van der Waals surface area contributed by atoms with E-state index in [-0.39, 0.29) is 28.5 Å². The molecule has 118 valence electrons. The number of ketones is 1. The first-order valence-corrected chi connectivity index (χ1v) is 6.97. The van der Waals surface area contributed by atoms with Gasteiger partial charge in [-0.15, -0.1) is 0 Å². The van der Waals surface area contributed by atoms with Gasteiger partial charge < -0.3 is 14.4 Å². The van der Waals surface area contributed by atoms with Crippen LogP contribution < -0.4 is 10.3 Å². The Hall–Kier alpha value is -3.07. The highest BCUT2D eigenvalue weighted by Gasteiger charge is 2.18. The minimum absolute atomic E-state index is 0.0437. The van der Waals surface area contributed by atoms with Crippen molar-refractivity contribution in [2.24, 2.45) is 0 Å². The molecule has 23 heavy (non-hydrogen) atoms. The molecule has 0 saturated carbocycles. The molecule has 1 N–H and O–H groups in total. The number of methoxy groups -OCH3 is 1. The Morgan fingerprint density at radius 2 is 2.04 bits per heavy atom. The van der Waals surface area contributed by atoms with Gasteiger partial charge in [-0.05, 0) is 38.1 Å². The lowest BCUT2D eigenvalue weighted by atomic mass is 10.0. The van der Waals surface area contributed by atoms with E-state index in [1.807, 2.05) is 0 Å². The maximum Gasteiger partial charge on any atom is 0.268 e. The second-order valence-electron chi connectivity index (χ2n) is 5.27. The number of hydrogen-bond acceptors (Lipinski definition) is 5. The number of carbonyl (C=O) groups is 1. The molecule has 0 amide bonds. The Morgan fingerprint density at radius 3 is 2.61 bits per heavy atom. The third-order valence-electron chi connectivity index (χ3n) is 3.43. The lowest BCUT2D eigenvalue weighted by molar-refractivity contribution is 0.103. The molecule has 0 atom stereocenters. The molecule has 0 unspecified atom stereocenters. The molecule has 1 aromatic heterocycles. The van der Waals surface area contributed by atoms with Crippen LogP contribution in [0.2, 0.25) is 0 Å². The molecule has 0 aliphatic carbocycles. The Kier molecular flexibility index (Phi) is 4.51. The predicted molar refractivity (Wildman–Crippen MR) is 83.9 cm³/mol. The summed E-state index contributed by atoms with van der Waals surface area (Å²) in [5.74, 6) is -0.271. The number of carbonyl (C=O) groups excluding carboxylic acids is 1. The lowest BCUT2D eigenvalue weighted by Crippen LogP contribution is -2.25. The zero-order chi connectivity index (χ0) is 17.1. The lowest BCUT2D eigenvalue weighted by Gasteiger charge is -2.13. The van der Waals surface area contributed by atoms with Gasteiger partial charge in [0.25, 0.3) is 5.56 Å². The minimum atomic E-state index is -0.493. The van der Waals surface area contributed by atoms with Crippen molar-refractivity contribution in [2.45, 2.75) is 19.9 Å². The van der Waals surface area contributed by atoms with E-state index in [2.05, 4.69) is 0 Å². The number of benzene rings is 1. The highest BCUT2D eigenvalue weighted by Crippen LogP contribution is 2.25. The summed E-state index contributed by atoms with van der Waals surface area (Å²) in [6.45, 7) is 3.56. The summed E-state index contributed by atoms with van der Waals surface area (Å²) >= 11 is 0. The first kappa shape index (κ1) is 16.3. The number of nitrogens with zero attached hydrogens (tertiary/aromatic N) is 2. The Labute approximate surface area is 133 Å². The van der Waals surface area contributed by atoms with E-state index in [1.54, 1.807) is 19.9 Å². The van der Waals surface area contributed by atoms with Crippen LogP contribution in [0.15, 0.2) is 35.3 Å². The average Bonchev–Trinajstić information content (AvgIpc) is 2.54. The van der Waals surface area contributed by atoms with E-state index in [1.165, 1.54) is 42.1 Å². The predicted octanol–water partition coefficient (Wildman–Crippen LogP) is 2.25. The van der Waals surface area contributed by atoms with Crippen molar-refractivity contribution in [1.29, 1.82) is 5.26 Å². The van der Waals surface area contributed by atoms with Crippen LogP contribution in [-0.4, -0.2) is 22.6 Å². The molecule has 2 aromatic rings. The molecule has 2 rings (SSSR count). The van der Waals surface area contributed by atoms with E-state index < -0.39 is 11.3 Å². The topological polar surface area (TPSA) is 92.3 Å². The number of aromatic nitrogens is 1. The van der Waals surface area contributed by atoms with Crippen LogP contribution in [0.3, 0.4) is 0 Å². The maximum atomic E-state index is 12.6. The fourth-order valence-electron chi connectivity index (χ4n) is 2.17. The third kappa shape index (κ3) is 3.09. The molecule has 1 aromatic carbocycles. The van der Waals surface area contributed by atoms with Crippen LogP contribution >= 0.6 is 0 Å². The molecular weight excluding hydrogens is 296 g/mol. The molecule has 0 saturated heterocycles. The van der Waals surface area contributed by atoms with Gasteiger partial charge in [0, 0.05) is 17.8 Å². The van der Waals surface area contributed by atoms with Crippen LogP contribution in [-0.2, 0) is 0 Å². The van der Waals surface area contributed by atoms with Gasteiger partial charge in [0.2, 0.25) is 0 Å². The molecule has 0 radical (unpaired) electrons. The zero-order valence-electron chi connectivity index (χ0n) is 13.0. The number of phenolic OH excluding ortho intramolecular Hbond substituents is 1. The summed E-state index contributed by atoms with van der Waals surface area (Å²) in [7, 11) is 1.45. The Morgan fingerprint density at radius 1 is 1.35 bits per heavy atom. The summed E-state index contributed by atoms with van der Waals surface area (Å²) in [5, 5.41) is 19.0. The summed E-state index contributed by atoms with van der Waals surface area (Å²) in [6, 6.07) is 7.13. The molecule has 1 heterocycles. The van der Waals surface area contributed by atoms with Gasteiger partial charge in [0.1, 0.15) is 23.1 Å². The van der Waals surface area contributed by atoms with Gasteiger partial charge in [0.05, 0.1) is 12.7 Å². The minimum Gasteiger partial charge on any atom is -0.507 e. The summed E-state index contributed by atoms with van der Waals surface area (Å²) < 4.78 is 6.37. The molecule has 6 nitrogen and oxygen atoms in total. The average molecular weight is 312 g/mol. The zero-order valence-corrected chi connectivity index (χ0v) is 13.0. The van der Waals surface area contributed by atoms with E-state index in [4.69, 9.17) is 10.00 Å². The normalized spacial score (nSPS) is 10.4. The summed E-state index contributed by atoms with van der Waals surface area (Å²) in [6.07, 6.45) is 1.40. The molecule has 6 heteroatoms. The van der Waals surface area contributed by atoms with Crippen LogP contribution in [0.5, 0.6) is 11.5 Å². The highest BCUT2D eigenvalue weighted by atomic mass is 16.5. The quantitative estimate of drug-likeness (QED) is 0.874. The van der Waals surface area contributed by atoms with Gasteiger partial charge in [-0.1, -0.05) is 0 Å². The number of hydrogen-bond donors (Lipinski definition) is 1. The van der Waals surface area contributed by atoms with Gasteiger partial charge in [-0.25, -0.2) is 0 Å². The van der Waals surface area contributed by atoms with Gasteiger partial charge in [0.15, 0.2) is 5.78 Å². The fraction of sp³-hybridized carbons (Fsp3) is 0.235. The van der Waals surface area contributed by atoms with Crippen LogP contribution in [0.25, 0.3) is 0 Å². The number of phenols is 1. The summed E-state index contributed by atoms with van der Waals surface area (Å²) in [4.78, 5) is 24.7. The third-order valence-corrected chi connectivity index (χ3v) is 3.43. The summed E-state index contributed by atoms with van der Waals surface area (Å²) in [5.41, 5.74) is -0.374. The smallest absolute Gasteiger partial charge is 0.268 e. The largest absolute Gasteiger partial charge is 0.507 e. The van der Waals surface area contributed by atoms with Gasteiger partial charge in [-0.3, -0.25) is 9.59 Å². The van der Waals surface area contributed by atoms with Crippen molar-refractivity contribution in [2.75, 3.05) is 7.11 Å². The fourth-order valence-corrected chi connectivity index (χ4v) is 2.17. The molecule has 0 aliphatic rings. The molecule has 0 aliphatic heterocycles. The molecule has 0 bridgehead atoms. The number of pyridine rings is 1. The van der Waals surface area contributed by atoms with Crippen molar-refractivity contribution < 1.29 is 14.6 Å². The SMILES string of the molecule is COc1ccc(O)c(C(=O)c2cc(C#N)c(=O)n(C(C)C)c2)c1. The maximum absolute atomic E-state index is 12.6. The Bertz CT molecular complexity index is 860. The van der Waals surface area contributed by atoms with E-state index in [9.17, 15) is 14.7 Å². The van der Waals surface area contributed by atoms with Crippen molar-refractivity contribution >= 4 is 5.78 Å². The monoisotopic (exact) mass is 312 g/mol. The highest BCUT2D eigenvalue weighted by molar-refractivity contribution is 6.10. The molecule has 0 fully saturated rings. The molecule has 0 spiro atoms. The standard InChI is InChI=1S/C17H16N2O4/c1-10(2)19-9-12(6-11(8-18)17(19)22)16(21)14-7-13(23-3)4-5-15(14)20/h4-7,9-10,20H,1-3H3. The van der Waals surface area contributed by atoms with E-state index >= 15 is 0 Å². The first-order valence-electron chi connectivity index (χ1n) is 6.97. The van der Waals surface area contributed by atoms with Crippen molar-refractivity contribution in [1.82, 2.24) is 4.57 Å². The number of ether oxygens (including phenoxy) is 1. The number of rotatable bonds is 4. The second-order valence-corrected chi connectivity index (χ2v) is 5.27. The van der Waals surface area contributed by atoms with Gasteiger partial charge in [-0.2, -0.15) is 5.26 Å². The van der Waals surface area contributed by atoms with Crippen molar-refractivity contribution in [3.8, 4) is 17.6 Å².